The summed E-state index contributed by atoms with van der Waals surface area (Å²) in [4.78, 5) is 25.5. The van der Waals surface area contributed by atoms with Gasteiger partial charge in [-0.2, -0.15) is 0 Å². The van der Waals surface area contributed by atoms with Gasteiger partial charge in [0.1, 0.15) is 0 Å². The van der Waals surface area contributed by atoms with Crippen molar-refractivity contribution in [3.63, 3.8) is 0 Å². The second-order valence-electron chi connectivity index (χ2n) is 5.28. The summed E-state index contributed by atoms with van der Waals surface area (Å²) in [5.74, 6) is 0.0856. The lowest BCUT2D eigenvalue weighted by Gasteiger charge is -2.24. The van der Waals surface area contributed by atoms with E-state index in [1.54, 1.807) is 4.90 Å². The third-order valence-corrected chi connectivity index (χ3v) is 3.78. The van der Waals surface area contributed by atoms with Crippen LogP contribution in [-0.4, -0.2) is 55.1 Å². The molecule has 6 heteroatoms. The van der Waals surface area contributed by atoms with Crippen molar-refractivity contribution in [2.75, 3.05) is 26.2 Å². The number of piperidine rings is 1. The fraction of sp³-hybridized carbons (Fsp3) is 0.846. The van der Waals surface area contributed by atoms with E-state index in [0.717, 1.165) is 38.8 Å². The van der Waals surface area contributed by atoms with E-state index in [2.05, 4.69) is 16.0 Å². The monoisotopic (exact) mass is 268 g/mol. The summed E-state index contributed by atoms with van der Waals surface area (Å²) in [6.07, 6.45) is 4.02. The summed E-state index contributed by atoms with van der Waals surface area (Å²) < 4.78 is 0. The Morgan fingerprint density at radius 1 is 1.32 bits per heavy atom. The van der Waals surface area contributed by atoms with E-state index in [0.29, 0.717) is 13.1 Å². The van der Waals surface area contributed by atoms with Gasteiger partial charge < -0.3 is 20.9 Å². The largest absolute Gasteiger partial charge is 0.350 e. The number of amides is 3. The molecule has 2 unspecified atom stereocenters. The molecule has 2 heterocycles. The van der Waals surface area contributed by atoms with Gasteiger partial charge in [-0.1, -0.05) is 6.42 Å². The third kappa shape index (κ3) is 3.83. The molecular weight excluding hydrogens is 244 g/mol. The molecule has 0 aromatic carbocycles. The van der Waals surface area contributed by atoms with E-state index in [1.807, 2.05) is 6.92 Å². The summed E-state index contributed by atoms with van der Waals surface area (Å²) in [6.45, 7) is 4.80. The van der Waals surface area contributed by atoms with Gasteiger partial charge >= 0.3 is 6.03 Å². The average Bonchev–Trinajstić information content (AvgIpc) is 2.88. The number of carbonyl (C=O) groups is 2. The Kier molecular flexibility index (Phi) is 5.01. The summed E-state index contributed by atoms with van der Waals surface area (Å²) in [7, 11) is 0. The van der Waals surface area contributed by atoms with Gasteiger partial charge in [0.2, 0.25) is 5.91 Å². The molecule has 2 saturated heterocycles. The van der Waals surface area contributed by atoms with Gasteiger partial charge in [-0.15, -0.1) is 0 Å². The zero-order valence-corrected chi connectivity index (χ0v) is 11.6. The van der Waals surface area contributed by atoms with Crippen molar-refractivity contribution in [1.82, 2.24) is 20.9 Å². The molecule has 0 aliphatic carbocycles. The number of hydrogen-bond acceptors (Lipinski definition) is 3. The number of likely N-dealkylation sites (tertiary alicyclic amines) is 1. The number of urea groups is 1. The molecule has 2 fully saturated rings. The summed E-state index contributed by atoms with van der Waals surface area (Å²) >= 11 is 0. The fourth-order valence-electron chi connectivity index (χ4n) is 2.70. The Balaban J connectivity index is 1.75. The van der Waals surface area contributed by atoms with Crippen molar-refractivity contribution in [2.45, 2.75) is 44.7 Å². The predicted octanol–water partition coefficient (Wildman–Crippen LogP) is 0.0485. The molecule has 0 aromatic rings. The first kappa shape index (κ1) is 14.1. The van der Waals surface area contributed by atoms with Crippen LogP contribution in [-0.2, 0) is 4.79 Å². The van der Waals surface area contributed by atoms with Gasteiger partial charge in [-0.05, 0) is 32.7 Å². The molecule has 0 bridgehead atoms. The SMILES string of the molecule is CCNC(=O)N1CCC(NC(=O)C2CCCCN2)C1. The Hall–Kier alpha value is -1.30. The summed E-state index contributed by atoms with van der Waals surface area (Å²) in [6, 6.07) is 0.0149. The van der Waals surface area contributed by atoms with Gasteiger partial charge in [-0.3, -0.25) is 4.79 Å². The number of nitrogens with one attached hydrogen (secondary N) is 3. The predicted molar refractivity (Wildman–Crippen MR) is 72.8 cm³/mol. The highest BCUT2D eigenvalue weighted by molar-refractivity contribution is 5.82. The van der Waals surface area contributed by atoms with Crippen molar-refractivity contribution in [3.8, 4) is 0 Å². The van der Waals surface area contributed by atoms with Gasteiger partial charge in [0.15, 0.2) is 0 Å². The second kappa shape index (κ2) is 6.75. The molecule has 19 heavy (non-hydrogen) atoms. The Morgan fingerprint density at radius 3 is 2.84 bits per heavy atom. The van der Waals surface area contributed by atoms with Crippen LogP contribution < -0.4 is 16.0 Å². The van der Waals surface area contributed by atoms with Crippen LogP contribution >= 0.6 is 0 Å². The van der Waals surface area contributed by atoms with E-state index >= 15 is 0 Å². The smallest absolute Gasteiger partial charge is 0.317 e. The van der Waals surface area contributed by atoms with Crippen LogP contribution in [0.4, 0.5) is 4.79 Å². The highest BCUT2D eigenvalue weighted by atomic mass is 16.2. The maximum atomic E-state index is 12.1. The van der Waals surface area contributed by atoms with Crippen molar-refractivity contribution in [1.29, 1.82) is 0 Å². The summed E-state index contributed by atoms with van der Waals surface area (Å²) in [5.41, 5.74) is 0. The molecule has 0 spiro atoms. The molecule has 108 valence electrons. The number of carbonyl (C=O) groups excluding carboxylic acids is 2. The lowest BCUT2D eigenvalue weighted by molar-refractivity contribution is -0.124. The molecule has 6 nitrogen and oxygen atoms in total. The number of hydrogen-bond donors (Lipinski definition) is 3. The molecule has 0 saturated carbocycles. The molecule has 2 atom stereocenters. The average molecular weight is 268 g/mol. The molecule has 2 aliphatic rings. The zero-order chi connectivity index (χ0) is 13.7. The van der Waals surface area contributed by atoms with Gasteiger partial charge in [0.25, 0.3) is 0 Å². The normalized spacial score (nSPS) is 27.1. The van der Waals surface area contributed by atoms with E-state index in [1.165, 1.54) is 0 Å². The quantitative estimate of drug-likeness (QED) is 0.677. The van der Waals surface area contributed by atoms with Crippen molar-refractivity contribution < 1.29 is 9.59 Å². The van der Waals surface area contributed by atoms with E-state index in [9.17, 15) is 9.59 Å². The fourth-order valence-corrected chi connectivity index (χ4v) is 2.70. The molecule has 2 aliphatic heterocycles. The topological polar surface area (TPSA) is 73.5 Å². The molecule has 2 rings (SSSR count). The highest BCUT2D eigenvalue weighted by Crippen LogP contribution is 2.11. The second-order valence-corrected chi connectivity index (χ2v) is 5.28. The lowest BCUT2D eigenvalue weighted by Crippen LogP contribution is -2.50. The minimum absolute atomic E-state index is 0.0324. The minimum atomic E-state index is -0.0488. The van der Waals surface area contributed by atoms with Crippen LogP contribution in [0.25, 0.3) is 0 Å². The van der Waals surface area contributed by atoms with Gasteiger partial charge in [0, 0.05) is 25.7 Å². The maximum absolute atomic E-state index is 12.1. The molecule has 3 N–H and O–H groups in total. The Bertz CT molecular complexity index is 329. The molecule has 0 radical (unpaired) electrons. The number of rotatable bonds is 3. The van der Waals surface area contributed by atoms with Crippen molar-refractivity contribution in [3.05, 3.63) is 0 Å². The number of nitrogens with zero attached hydrogens (tertiary/aromatic N) is 1. The highest BCUT2D eigenvalue weighted by Gasteiger charge is 2.29. The van der Waals surface area contributed by atoms with Crippen LogP contribution in [0.5, 0.6) is 0 Å². The van der Waals surface area contributed by atoms with Crippen LogP contribution in [0, 0.1) is 0 Å². The first-order chi connectivity index (χ1) is 9.20. The Morgan fingerprint density at radius 2 is 2.16 bits per heavy atom. The van der Waals surface area contributed by atoms with Gasteiger partial charge in [-0.25, -0.2) is 4.79 Å². The van der Waals surface area contributed by atoms with Gasteiger partial charge in [0.05, 0.1) is 6.04 Å². The molecular formula is C13H24N4O2. The van der Waals surface area contributed by atoms with E-state index < -0.39 is 0 Å². The zero-order valence-electron chi connectivity index (χ0n) is 11.6. The van der Waals surface area contributed by atoms with Crippen molar-refractivity contribution >= 4 is 11.9 Å². The van der Waals surface area contributed by atoms with Crippen molar-refractivity contribution in [2.24, 2.45) is 0 Å². The standard InChI is InChI=1S/C13H24N4O2/c1-2-14-13(19)17-8-6-10(9-17)16-12(18)11-5-3-4-7-15-11/h10-11,15H,2-9H2,1H3,(H,14,19)(H,16,18). The van der Waals surface area contributed by atoms with Crippen LogP contribution in [0.2, 0.25) is 0 Å². The maximum Gasteiger partial charge on any atom is 0.317 e. The minimum Gasteiger partial charge on any atom is -0.350 e. The van der Waals surface area contributed by atoms with Crippen LogP contribution in [0.3, 0.4) is 0 Å². The summed E-state index contributed by atoms with van der Waals surface area (Å²) in [5, 5.41) is 9.08. The first-order valence-electron chi connectivity index (χ1n) is 7.27. The van der Waals surface area contributed by atoms with E-state index in [4.69, 9.17) is 0 Å². The lowest BCUT2D eigenvalue weighted by atomic mass is 10.0. The first-order valence-corrected chi connectivity index (χ1v) is 7.27. The van der Waals surface area contributed by atoms with Crippen LogP contribution in [0.15, 0.2) is 0 Å². The Labute approximate surface area is 114 Å². The molecule has 3 amide bonds. The van der Waals surface area contributed by atoms with E-state index in [-0.39, 0.29) is 24.0 Å². The van der Waals surface area contributed by atoms with Crippen LogP contribution in [0.1, 0.15) is 32.6 Å². The third-order valence-electron chi connectivity index (χ3n) is 3.78. The molecule has 0 aromatic heterocycles.